The van der Waals surface area contributed by atoms with Gasteiger partial charge in [-0.3, -0.25) is 14.5 Å². The number of rotatable bonds is 3. The lowest BCUT2D eigenvalue weighted by atomic mass is 10.1. The number of likely N-dealkylation sites (tertiary alicyclic amines) is 1. The molecule has 1 aliphatic heterocycles. The van der Waals surface area contributed by atoms with Crippen LogP contribution in [0.2, 0.25) is 0 Å². The zero-order valence-corrected chi connectivity index (χ0v) is 14.6. The van der Waals surface area contributed by atoms with E-state index in [1.807, 2.05) is 24.2 Å². The lowest BCUT2D eigenvalue weighted by Gasteiger charge is -2.27. The predicted molar refractivity (Wildman–Crippen MR) is 93.0 cm³/mol. The van der Waals surface area contributed by atoms with E-state index in [0.29, 0.717) is 24.0 Å². The molecule has 4 heterocycles. The molecule has 1 aliphatic rings. The van der Waals surface area contributed by atoms with Crippen molar-refractivity contribution in [3.63, 3.8) is 0 Å². The second-order valence-corrected chi connectivity index (χ2v) is 6.44. The fourth-order valence-electron chi connectivity index (χ4n) is 3.28. The molecule has 4 rings (SSSR count). The highest BCUT2D eigenvalue weighted by atomic mass is 16.5. The third kappa shape index (κ3) is 3.22. The number of hydrogen-bond acceptors (Lipinski definition) is 6. The van der Waals surface area contributed by atoms with Crippen LogP contribution in [-0.4, -0.2) is 42.3 Å². The van der Waals surface area contributed by atoms with Gasteiger partial charge in [0.1, 0.15) is 5.69 Å². The zero-order valence-electron chi connectivity index (χ0n) is 14.6. The van der Waals surface area contributed by atoms with Gasteiger partial charge < -0.3 is 9.42 Å². The third-order valence-corrected chi connectivity index (χ3v) is 4.59. The predicted octanol–water partition coefficient (Wildman–Crippen LogP) is 2.62. The van der Waals surface area contributed by atoms with E-state index in [0.717, 1.165) is 31.2 Å². The maximum Gasteiger partial charge on any atom is 0.273 e. The Labute approximate surface area is 150 Å². The van der Waals surface area contributed by atoms with Gasteiger partial charge in [0, 0.05) is 26.0 Å². The maximum absolute atomic E-state index is 13.0. The number of amides is 1. The molecule has 1 amide bonds. The second kappa shape index (κ2) is 7.07. The Balaban J connectivity index is 1.64. The first-order valence-electron chi connectivity index (χ1n) is 8.77. The third-order valence-electron chi connectivity index (χ3n) is 4.59. The smallest absolute Gasteiger partial charge is 0.273 e. The van der Waals surface area contributed by atoms with Gasteiger partial charge in [-0.05, 0) is 25.0 Å². The summed E-state index contributed by atoms with van der Waals surface area (Å²) in [6, 6.07) is 5.15. The van der Waals surface area contributed by atoms with E-state index in [-0.39, 0.29) is 11.9 Å². The molecule has 8 nitrogen and oxygen atoms in total. The molecule has 0 spiro atoms. The highest BCUT2D eigenvalue weighted by molar-refractivity contribution is 5.92. The largest absolute Gasteiger partial charge is 0.334 e. The summed E-state index contributed by atoms with van der Waals surface area (Å²) in [5.41, 5.74) is 1.21. The van der Waals surface area contributed by atoms with Crippen molar-refractivity contribution in [2.75, 3.05) is 6.54 Å². The van der Waals surface area contributed by atoms with Crippen LogP contribution in [0.25, 0.3) is 11.5 Å². The van der Waals surface area contributed by atoms with E-state index in [4.69, 9.17) is 4.52 Å². The molecule has 1 unspecified atom stereocenters. The van der Waals surface area contributed by atoms with E-state index in [9.17, 15) is 4.79 Å². The van der Waals surface area contributed by atoms with Crippen molar-refractivity contribution in [1.29, 1.82) is 0 Å². The Morgan fingerprint density at radius 3 is 2.96 bits per heavy atom. The summed E-state index contributed by atoms with van der Waals surface area (Å²) in [5.74, 6) is 0.864. The normalized spacial score (nSPS) is 17.9. The maximum atomic E-state index is 13.0. The van der Waals surface area contributed by atoms with Gasteiger partial charge in [-0.1, -0.05) is 24.1 Å². The first-order chi connectivity index (χ1) is 12.7. The molecule has 134 valence electrons. The molecule has 0 radical (unpaired) electrons. The quantitative estimate of drug-likeness (QED) is 0.720. The SMILES string of the molecule is Cn1cc(-c2nc(C3CCCCCN3C(=O)c3ccccn3)no2)cn1. The Morgan fingerprint density at radius 1 is 1.27 bits per heavy atom. The fraction of sp³-hybridized carbons (Fsp3) is 0.389. The average molecular weight is 352 g/mol. The van der Waals surface area contributed by atoms with Crippen LogP contribution in [0.3, 0.4) is 0 Å². The number of aryl methyl sites for hydroxylation is 1. The van der Waals surface area contributed by atoms with Gasteiger partial charge in [0.05, 0.1) is 17.8 Å². The number of pyridine rings is 1. The van der Waals surface area contributed by atoms with E-state index in [1.54, 1.807) is 29.2 Å². The molecule has 0 aromatic carbocycles. The molecule has 0 aliphatic carbocycles. The molecule has 0 saturated carbocycles. The number of hydrogen-bond donors (Lipinski definition) is 0. The van der Waals surface area contributed by atoms with Crippen molar-refractivity contribution in [3.8, 4) is 11.5 Å². The number of carbonyl (C=O) groups is 1. The van der Waals surface area contributed by atoms with Crippen molar-refractivity contribution in [3.05, 3.63) is 48.3 Å². The van der Waals surface area contributed by atoms with Crippen molar-refractivity contribution >= 4 is 5.91 Å². The van der Waals surface area contributed by atoms with E-state index in [1.165, 1.54) is 0 Å². The van der Waals surface area contributed by atoms with Crippen molar-refractivity contribution < 1.29 is 9.32 Å². The number of aromatic nitrogens is 5. The Morgan fingerprint density at radius 2 is 2.19 bits per heavy atom. The zero-order chi connectivity index (χ0) is 17.9. The van der Waals surface area contributed by atoms with Crippen LogP contribution in [0, 0.1) is 0 Å². The molecule has 8 heteroatoms. The first-order valence-corrected chi connectivity index (χ1v) is 8.77. The Kier molecular flexibility index (Phi) is 4.47. The highest BCUT2D eigenvalue weighted by Gasteiger charge is 2.31. The number of carbonyl (C=O) groups excluding carboxylic acids is 1. The van der Waals surface area contributed by atoms with Crippen molar-refractivity contribution in [2.24, 2.45) is 7.05 Å². The second-order valence-electron chi connectivity index (χ2n) is 6.44. The monoisotopic (exact) mass is 352 g/mol. The molecular formula is C18H20N6O2. The molecule has 3 aromatic rings. The summed E-state index contributed by atoms with van der Waals surface area (Å²) < 4.78 is 7.11. The van der Waals surface area contributed by atoms with Gasteiger partial charge in [-0.2, -0.15) is 10.1 Å². The van der Waals surface area contributed by atoms with Crippen molar-refractivity contribution in [2.45, 2.75) is 31.7 Å². The van der Waals surface area contributed by atoms with Crippen LogP contribution < -0.4 is 0 Å². The standard InChI is InChI=1S/C18H20N6O2/c1-23-12-13(11-20-23)17-21-16(22-26-17)15-8-3-2-6-10-24(15)18(25)14-7-4-5-9-19-14/h4-5,7,9,11-12,15H,2-3,6,8,10H2,1H3. The van der Waals surface area contributed by atoms with Gasteiger partial charge in [0.25, 0.3) is 11.8 Å². The molecule has 1 atom stereocenters. The summed E-state index contributed by atoms with van der Waals surface area (Å²) in [6.07, 6.45) is 9.01. The summed E-state index contributed by atoms with van der Waals surface area (Å²) >= 11 is 0. The summed E-state index contributed by atoms with van der Waals surface area (Å²) in [6.45, 7) is 0.664. The van der Waals surface area contributed by atoms with Crippen molar-refractivity contribution in [1.82, 2.24) is 29.8 Å². The first kappa shape index (κ1) is 16.4. The minimum Gasteiger partial charge on any atom is -0.334 e. The summed E-state index contributed by atoms with van der Waals surface area (Å²) in [4.78, 5) is 23.5. The Bertz CT molecular complexity index is 888. The molecular weight excluding hydrogens is 332 g/mol. The van der Waals surface area contributed by atoms with Gasteiger partial charge in [0.15, 0.2) is 5.82 Å². The Hall–Kier alpha value is -3.03. The molecule has 0 bridgehead atoms. The molecule has 3 aromatic heterocycles. The summed E-state index contributed by atoms with van der Waals surface area (Å²) in [7, 11) is 1.83. The molecule has 0 N–H and O–H groups in total. The van der Waals surface area contributed by atoms with Crippen LogP contribution in [0.5, 0.6) is 0 Å². The van der Waals surface area contributed by atoms with Gasteiger partial charge in [-0.15, -0.1) is 0 Å². The topological polar surface area (TPSA) is 89.9 Å². The lowest BCUT2D eigenvalue weighted by Crippen LogP contribution is -2.35. The summed E-state index contributed by atoms with van der Waals surface area (Å²) in [5, 5.41) is 8.28. The van der Waals surface area contributed by atoms with Crippen LogP contribution >= 0.6 is 0 Å². The molecule has 1 saturated heterocycles. The number of nitrogens with zero attached hydrogens (tertiary/aromatic N) is 6. The van der Waals surface area contributed by atoms with E-state index >= 15 is 0 Å². The van der Waals surface area contributed by atoms with Crippen LogP contribution in [0.4, 0.5) is 0 Å². The van der Waals surface area contributed by atoms with E-state index < -0.39 is 0 Å². The highest BCUT2D eigenvalue weighted by Crippen LogP contribution is 2.30. The minimum absolute atomic E-state index is 0.0924. The van der Waals surface area contributed by atoms with Crippen LogP contribution in [0.15, 0.2) is 41.3 Å². The molecule has 26 heavy (non-hydrogen) atoms. The van der Waals surface area contributed by atoms with Crippen LogP contribution in [0.1, 0.15) is 48.0 Å². The lowest BCUT2D eigenvalue weighted by molar-refractivity contribution is 0.0664. The van der Waals surface area contributed by atoms with Crippen LogP contribution in [-0.2, 0) is 7.05 Å². The fourth-order valence-corrected chi connectivity index (χ4v) is 3.28. The van der Waals surface area contributed by atoms with Gasteiger partial charge in [0.2, 0.25) is 0 Å². The van der Waals surface area contributed by atoms with Gasteiger partial charge >= 0.3 is 0 Å². The average Bonchev–Trinajstić information content (AvgIpc) is 3.25. The molecule has 1 fully saturated rings. The van der Waals surface area contributed by atoms with E-state index in [2.05, 4.69) is 20.2 Å². The van der Waals surface area contributed by atoms with Gasteiger partial charge in [-0.25, -0.2) is 0 Å². The minimum atomic E-state index is -0.207.